The van der Waals surface area contributed by atoms with E-state index in [9.17, 15) is 19.4 Å². The van der Waals surface area contributed by atoms with Crippen molar-refractivity contribution in [3.05, 3.63) is 23.3 Å². The van der Waals surface area contributed by atoms with Crippen molar-refractivity contribution in [1.82, 2.24) is 5.32 Å². The van der Waals surface area contributed by atoms with Crippen molar-refractivity contribution in [2.45, 2.75) is 37.6 Å². The van der Waals surface area contributed by atoms with Crippen molar-refractivity contribution < 1.29 is 43.0 Å². The lowest BCUT2D eigenvalue weighted by atomic mass is 9.72. The summed E-state index contributed by atoms with van der Waals surface area (Å²) in [6, 6.07) is 3.30. The number of hydrogen-bond acceptors (Lipinski definition) is 11. The zero-order valence-electron chi connectivity index (χ0n) is 17.8. The van der Waals surface area contributed by atoms with Crippen LogP contribution in [0.3, 0.4) is 0 Å². The molecule has 0 aromatic heterocycles. The Morgan fingerprint density at radius 3 is 2.74 bits per heavy atom. The van der Waals surface area contributed by atoms with Crippen LogP contribution < -0.4 is 14.7 Å². The molecule has 1 aliphatic heterocycles. The fourth-order valence-corrected chi connectivity index (χ4v) is 3.24. The Hall–Kier alpha value is -2.44. The summed E-state index contributed by atoms with van der Waals surface area (Å²) in [5, 5.41) is 13.3. The van der Waals surface area contributed by atoms with Crippen LogP contribution in [0.2, 0.25) is 0 Å². The molecule has 1 aromatic rings. The Labute approximate surface area is 185 Å². The van der Waals surface area contributed by atoms with Gasteiger partial charge < -0.3 is 38.7 Å². The van der Waals surface area contributed by atoms with E-state index >= 15 is 0 Å². The first-order valence-electron chi connectivity index (χ1n) is 9.57. The van der Waals surface area contributed by atoms with Crippen LogP contribution in [-0.4, -0.2) is 74.6 Å². The second kappa shape index (κ2) is 11.8. The van der Waals surface area contributed by atoms with Crippen LogP contribution in [0, 0.1) is 0 Å². The molecule has 2 atom stereocenters. The van der Waals surface area contributed by atoms with Crippen molar-refractivity contribution >= 4 is 37.3 Å². The predicted octanol–water partition coefficient (Wildman–Crippen LogP) is 1.21. The number of fused-ring (bicyclic) bond motifs is 1. The van der Waals surface area contributed by atoms with Crippen LogP contribution in [0.5, 0.6) is 11.5 Å². The fourth-order valence-electron chi connectivity index (χ4n) is 2.86. The molecular weight excluding hydrogens is 429 g/mol. The summed E-state index contributed by atoms with van der Waals surface area (Å²) in [5.41, 5.74) is 0.607. The second-order valence-corrected chi connectivity index (χ2v) is 7.96. The van der Waals surface area contributed by atoms with Gasteiger partial charge in [-0.05, 0) is 38.2 Å². The lowest BCUT2D eigenvalue weighted by Gasteiger charge is -2.30. The zero-order valence-corrected chi connectivity index (χ0v) is 18.6. The minimum atomic E-state index is -1.27. The highest BCUT2D eigenvalue weighted by Gasteiger charge is 2.38. The average molecular weight is 455 g/mol. The lowest BCUT2D eigenvalue weighted by molar-refractivity contribution is -0.107. The SMILES string of the molecule is COc1ccc2c(c1C(=O)OCOC(=O)OC(C)C)OB(O)[C@@H](NCC(C=O)SC)C2. The van der Waals surface area contributed by atoms with E-state index in [1.54, 1.807) is 26.0 Å². The minimum Gasteiger partial charge on any atom is -0.534 e. The van der Waals surface area contributed by atoms with Gasteiger partial charge in [-0.15, -0.1) is 0 Å². The zero-order chi connectivity index (χ0) is 23.0. The third-order valence-corrected chi connectivity index (χ3v) is 5.27. The smallest absolute Gasteiger partial charge is 0.534 e. The van der Waals surface area contributed by atoms with Gasteiger partial charge in [-0.25, -0.2) is 9.59 Å². The topological polar surface area (TPSA) is 130 Å². The summed E-state index contributed by atoms with van der Waals surface area (Å²) in [4.78, 5) is 35.0. The van der Waals surface area contributed by atoms with Gasteiger partial charge in [0.25, 0.3) is 0 Å². The number of benzene rings is 1. The molecule has 1 unspecified atom stereocenters. The first kappa shape index (κ1) is 24.8. The van der Waals surface area contributed by atoms with Crippen molar-refractivity contribution in [3.8, 4) is 11.5 Å². The van der Waals surface area contributed by atoms with E-state index in [-0.39, 0.29) is 28.4 Å². The molecule has 0 saturated heterocycles. The average Bonchev–Trinajstić information content (AvgIpc) is 2.73. The molecule has 0 radical (unpaired) electrons. The van der Waals surface area contributed by atoms with E-state index in [0.29, 0.717) is 18.5 Å². The molecule has 0 spiro atoms. The number of rotatable bonds is 10. The fraction of sp³-hybridized carbons (Fsp3) is 0.526. The minimum absolute atomic E-state index is 0.0341. The molecule has 12 heteroatoms. The number of thioether (sulfide) groups is 1. The van der Waals surface area contributed by atoms with Gasteiger partial charge >= 0.3 is 19.2 Å². The molecule has 170 valence electrons. The number of carbonyl (C=O) groups excluding carboxylic acids is 3. The molecular formula is C19H26BNO9S. The Kier molecular flexibility index (Phi) is 9.47. The molecule has 1 aromatic carbocycles. The molecule has 0 saturated carbocycles. The number of nitrogens with one attached hydrogen (secondary N) is 1. The van der Waals surface area contributed by atoms with E-state index in [1.165, 1.54) is 18.9 Å². The first-order valence-corrected chi connectivity index (χ1v) is 10.9. The Morgan fingerprint density at radius 2 is 2.13 bits per heavy atom. The number of esters is 1. The molecule has 2 rings (SSSR count). The van der Waals surface area contributed by atoms with E-state index in [0.717, 1.165) is 6.29 Å². The Balaban J connectivity index is 2.12. The van der Waals surface area contributed by atoms with Crippen LogP contribution in [0.25, 0.3) is 0 Å². The highest BCUT2D eigenvalue weighted by Crippen LogP contribution is 2.36. The highest BCUT2D eigenvalue weighted by atomic mass is 32.2. The monoisotopic (exact) mass is 455 g/mol. The van der Waals surface area contributed by atoms with E-state index in [4.69, 9.17) is 23.6 Å². The van der Waals surface area contributed by atoms with Crippen molar-refractivity contribution in [3.63, 3.8) is 0 Å². The number of methoxy groups -OCH3 is 1. The summed E-state index contributed by atoms with van der Waals surface area (Å²) in [6.45, 7) is 3.00. The van der Waals surface area contributed by atoms with Gasteiger partial charge in [0.05, 0.1) is 24.4 Å². The van der Waals surface area contributed by atoms with Gasteiger partial charge in [0.1, 0.15) is 23.3 Å². The summed E-state index contributed by atoms with van der Waals surface area (Å²) in [6.07, 6.45) is 1.65. The molecule has 2 N–H and O–H groups in total. The molecule has 0 fully saturated rings. The highest BCUT2D eigenvalue weighted by molar-refractivity contribution is 7.99. The normalized spacial score (nSPS) is 16.1. The van der Waals surface area contributed by atoms with Crippen LogP contribution in [-0.2, 0) is 25.4 Å². The Bertz CT molecular complexity index is 792. The number of carbonyl (C=O) groups is 3. The van der Waals surface area contributed by atoms with Gasteiger partial charge in [-0.1, -0.05) is 6.07 Å². The Morgan fingerprint density at radius 1 is 1.39 bits per heavy atom. The van der Waals surface area contributed by atoms with E-state index in [2.05, 4.69) is 5.32 Å². The van der Waals surface area contributed by atoms with Crippen LogP contribution >= 0.6 is 11.8 Å². The van der Waals surface area contributed by atoms with Crippen molar-refractivity contribution in [2.24, 2.45) is 0 Å². The van der Waals surface area contributed by atoms with Crippen LogP contribution in [0.1, 0.15) is 29.8 Å². The maximum absolute atomic E-state index is 12.6. The van der Waals surface area contributed by atoms with Gasteiger partial charge in [-0.3, -0.25) is 0 Å². The lowest BCUT2D eigenvalue weighted by Crippen LogP contribution is -2.52. The third-order valence-electron chi connectivity index (χ3n) is 4.38. The number of aldehydes is 1. The molecule has 10 nitrogen and oxygen atoms in total. The summed E-state index contributed by atoms with van der Waals surface area (Å²) in [5.74, 6) is -1.03. The molecule has 1 heterocycles. The largest absolute Gasteiger partial charge is 0.541 e. The van der Waals surface area contributed by atoms with Gasteiger partial charge in [-0.2, -0.15) is 11.8 Å². The van der Waals surface area contributed by atoms with Crippen molar-refractivity contribution in [2.75, 3.05) is 26.7 Å². The second-order valence-electron chi connectivity index (χ2n) is 6.88. The summed E-state index contributed by atoms with van der Waals surface area (Å²) < 4.78 is 25.3. The van der Waals surface area contributed by atoms with Crippen LogP contribution in [0.4, 0.5) is 4.79 Å². The number of ether oxygens (including phenoxy) is 4. The van der Waals surface area contributed by atoms with Crippen LogP contribution in [0.15, 0.2) is 12.1 Å². The first-order chi connectivity index (χ1) is 14.8. The standard InChI is InChI=1S/C19H26BNO9S/c1-11(2)29-19(24)28-10-27-18(23)16-14(26-3)6-5-12-7-15(20(25)30-17(12)16)21-8-13(9-22)31-4/h5-6,9,11,13,15,21,25H,7-8,10H2,1-4H3/t13?,15-/m0/s1. The van der Waals surface area contributed by atoms with E-state index in [1.807, 2.05) is 6.26 Å². The molecule has 1 aliphatic rings. The molecule has 0 aliphatic carbocycles. The van der Waals surface area contributed by atoms with E-state index < -0.39 is 32.0 Å². The van der Waals surface area contributed by atoms with Gasteiger partial charge in [0.2, 0.25) is 6.79 Å². The molecule has 0 amide bonds. The van der Waals surface area contributed by atoms with Crippen molar-refractivity contribution in [1.29, 1.82) is 0 Å². The molecule has 0 bridgehead atoms. The maximum atomic E-state index is 12.6. The summed E-state index contributed by atoms with van der Waals surface area (Å²) >= 11 is 1.39. The quantitative estimate of drug-likeness (QED) is 0.229. The summed E-state index contributed by atoms with van der Waals surface area (Å²) in [7, 11) is 0.109. The predicted molar refractivity (Wildman–Crippen MR) is 113 cm³/mol. The molecule has 31 heavy (non-hydrogen) atoms. The van der Waals surface area contributed by atoms with Gasteiger partial charge in [0.15, 0.2) is 0 Å². The maximum Gasteiger partial charge on any atom is 0.541 e. The van der Waals surface area contributed by atoms with Gasteiger partial charge in [0, 0.05) is 6.54 Å². The number of hydrogen-bond donors (Lipinski definition) is 2. The third kappa shape index (κ3) is 6.78.